The second kappa shape index (κ2) is 6.34. The fraction of sp³-hybridized carbons (Fsp3) is 0.412. The monoisotopic (exact) mass is 332 g/mol. The van der Waals surface area contributed by atoms with Crippen LogP contribution in [0.5, 0.6) is 0 Å². The van der Waals surface area contributed by atoms with Gasteiger partial charge in [0.2, 0.25) is 5.91 Å². The molecule has 1 amide bonds. The van der Waals surface area contributed by atoms with Gasteiger partial charge in [0, 0.05) is 24.1 Å². The van der Waals surface area contributed by atoms with Crippen molar-refractivity contribution in [2.75, 3.05) is 5.32 Å². The fourth-order valence-electron chi connectivity index (χ4n) is 4.10. The van der Waals surface area contributed by atoms with E-state index in [-0.39, 0.29) is 30.3 Å². The zero-order chi connectivity index (χ0) is 15.1. The molecular formula is C17H21ClN4O. The quantitative estimate of drug-likeness (QED) is 0.907. The SMILES string of the molecule is Cl.NC1C2CCC(C2)C1C(=O)Nc1cccc(-n2cccn2)c1. The van der Waals surface area contributed by atoms with Gasteiger partial charge in [-0.05, 0) is 55.4 Å². The number of anilines is 1. The number of rotatable bonds is 3. The van der Waals surface area contributed by atoms with Crippen molar-refractivity contribution >= 4 is 24.0 Å². The molecule has 1 aromatic carbocycles. The summed E-state index contributed by atoms with van der Waals surface area (Å²) in [5.74, 6) is 1.04. The minimum atomic E-state index is -0.0351. The van der Waals surface area contributed by atoms with Crippen LogP contribution in [0.4, 0.5) is 5.69 Å². The molecule has 0 spiro atoms. The van der Waals surface area contributed by atoms with Gasteiger partial charge in [-0.1, -0.05) is 6.07 Å². The Morgan fingerprint density at radius 1 is 1.26 bits per heavy atom. The van der Waals surface area contributed by atoms with E-state index in [0.717, 1.165) is 24.2 Å². The van der Waals surface area contributed by atoms with Crippen molar-refractivity contribution in [1.82, 2.24) is 9.78 Å². The predicted molar refractivity (Wildman–Crippen MR) is 91.7 cm³/mol. The van der Waals surface area contributed by atoms with Crippen LogP contribution in [0.1, 0.15) is 19.3 Å². The van der Waals surface area contributed by atoms with Crippen molar-refractivity contribution in [2.24, 2.45) is 23.5 Å². The second-order valence-corrected chi connectivity index (χ2v) is 6.43. The fourth-order valence-corrected chi connectivity index (χ4v) is 4.10. The highest BCUT2D eigenvalue weighted by Crippen LogP contribution is 2.47. The molecule has 6 heteroatoms. The number of carbonyl (C=O) groups excluding carboxylic acids is 1. The van der Waals surface area contributed by atoms with Crippen LogP contribution in [0.15, 0.2) is 42.7 Å². The van der Waals surface area contributed by atoms with Crippen LogP contribution < -0.4 is 11.1 Å². The van der Waals surface area contributed by atoms with Gasteiger partial charge in [0.05, 0.1) is 11.6 Å². The average molecular weight is 333 g/mol. The summed E-state index contributed by atoms with van der Waals surface area (Å²) in [6, 6.07) is 9.62. The number of hydrogen-bond donors (Lipinski definition) is 2. The number of halogens is 1. The highest BCUT2D eigenvalue weighted by Gasteiger charge is 2.49. The van der Waals surface area contributed by atoms with Gasteiger partial charge < -0.3 is 11.1 Å². The van der Waals surface area contributed by atoms with Gasteiger partial charge in [-0.15, -0.1) is 12.4 Å². The van der Waals surface area contributed by atoms with Crippen molar-refractivity contribution in [1.29, 1.82) is 0 Å². The van der Waals surface area contributed by atoms with Gasteiger partial charge in [0.1, 0.15) is 0 Å². The number of fused-ring (bicyclic) bond motifs is 2. The summed E-state index contributed by atoms with van der Waals surface area (Å²) >= 11 is 0. The molecular weight excluding hydrogens is 312 g/mol. The largest absolute Gasteiger partial charge is 0.327 e. The molecule has 2 saturated carbocycles. The van der Waals surface area contributed by atoms with Crippen LogP contribution in [-0.4, -0.2) is 21.7 Å². The van der Waals surface area contributed by atoms with Gasteiger partial charge in [0.25, 0.3) is 0 Å². The van der Waals surface area contributed by atoms with Gasteiger partial charge in [-0.3, -0.25) is 4.79 Å². The van der Waals surface area contributed by atoms with Gasteiger partial charge in [0.15, 0.2) is 0 Å². The number of hydrogen-bond acceptors (Lipinski definition) is 3. The minimum absolute atomic E-state index is 0. The highest BCUT2D eigenvalue weighted by molar-refractivity contribution is 5.93. The smallest absolute Gasteiger partial charge is 0.229 e. The van der Waals surface area contributed by atoms with E-state index < -0.39 is 0 Å². The molecule has 0 saturated heterocycles. The lowest BCUT2D eigenvalue weighted by Crippen LogP contribution is -2.42. The molecule has 2 aliphatic carbocycles. The lowest BCUT2D eigenvalue weighted by molar-refractivity contribution is -0.121. The Morgan fingerprint density at radius 3 is 2.78 bits per heavy atom. The maximum absolute atomic E-state index is 12.6. The number of benzene rings is 1. The first-order chi connectivity index (χ1) is 10.7. The molecule has 4 rings (SSSR count). The highest BCUT2D eigenvalue weighted by atomic mass is 35.5. The van der Waals surface area contributed by atoms with Gasteiger partial charge in [-0.2, -0.15) is 5.10 Å². The van der Waals surface area contributed by atoms with E-state index in [9.17, 15) is 4.79 Å². The molecule has 5 nitrogen and oxygen atoms in total. The molecule has 2 aliphatic rings. The summed E-state index contributed by atoms with van der Waals surface area (Å²) in [5, 5.41) is 7.25. The number of aromatic nitrogens is 2. The second-order valence-electron chi connectivity index (χ2n) is 6.43. The van der Waals surface area contributed by atoms with E-state index in [4.69, 9.17) is 5.73 Å². The van der Waals surface area contributed by atoms with Crippen molar-refractivity contribution in [2.45, 2.75) is 25.3 Å². The molecule has 1 heterocycles. The van der Waals surface area contributed by atoms with Crippen LogP contribution in [0, 0.1) is 17.8 Å². The van der Waals surface area contributed by atoms with Gasteiger partial charge >= 0.3 is 0 Å². The minimum Gasteiger partial charge on any atom is -0.327 e. The third-order valence-corrected chi connectivity index (χ3v) is 5.17. The first-order valence-corrected chi connectivity index (χ1v) is 7.89. The van der Waals surface area contributed by atoms with Crippen LogP contribution in [0.3, 0.4) is 0 Å². The Morgan fingerprint density at radius 2 is 2.09 bits per heavy atom. The maximum atomic E-state index is 12.6. The first kappa shape index (κ1) is 16.0. The summed E-state index contributed by atoms with van der Waals surface area (Å²) in [5.41, 5.74) is 7.98. The van der Waals surface area contributed by atoms with E-state index in [1.165, 1.54) is 6.42 Å². The Bertz CT molecular complexity index is 686. The molecule has 1 aromatic heterocycles. The average Bonchev–Trinajstić information content (AvgIpc) is 3.24. The summed E-state index contributed by atoms with van der Waals surface area (Å²) in [4.78, 5) is 12.6. The van der Waals surface area contributed by atoms with Crippen molar-refractivity contribution < 1.29 is 4.79 Å². The van der Waals surface area contributed by atoms with Crippen molar-refractivity contribution in [3.63, 3.8) is 0 Å². The summed E-state index contributed by atoms with van der Waals surface area (Å²) < 4.78 is 1.78. The van der Waals surface area contributed by atoms with Gasteiger partial charge in [-0.25, -0.2) is 4.68 Å². The van der Waals surface area contributed by atoms with Crippen molar-refractivity contribution in [3.8, 4) is 5.69 Å². The number of carbonyl (C=O) groups is 1. The van der Waals surface area contributed by atoms with Crippen LogP contribution in [0.25, 0.3) is 5.69 Å². The third kappa shape index (κ3) is 2.86. The molecule has 0 aliphatic heterocycles. The molecule has 122 valence electrons. The van der Waals surface area contributed by atoms with E-state index in [1.807, 2.05) is 36.5 Å². The van der Waals surface area contributed by atoms with Crippen LogP contribution in [0.2, 0.25) is 0 Å². The molecule has 23 heavy (non-hydrogen) atoms. The predicted octanol–water partition coefficient (Wildman–Crippen LogP) is 2.61. The maximum Gasteiger partial charge on any atom is 0.229 e. The number of nitrogens with zero attached hydrogens (tertiary/aromatic N) is 2. The summed E-state index contributed by atoms with van der Waals surface area (Å²) in [7, 11) is 0. The Labute approximate surface area is 141 Å². The number of amides is 1. The van der Waals surface area contributed by atoms with E-state index in [0.29, 0.717) is 11.8 Å². The standard InChI is InChI=1S/C17H20N4O.ClH/c18-16-12-6-5-11(9-12)15(16)17(22)20-13-3-1-4-14(10-13)21-8-2-7-19-21;/h1-4,7-8,10-12,15-16H,5-6,9,18H2,(H,20,22);1H. The van der Waals surface area contributed by atoms with Crippen LogP contribution in [-0.2, 0) is 4.79 Å². The lowest BCUT2D eigenvalue weighted by Gasteiger charge is -2.27. The van der Waals surface area contributed by atoms with E-state index >= 15 is 0 Å². The zero-order valence-corrected chi connectivity index (χ0v) is 13.6. The third-order valence-electron chi connectivity index (χ3n) is 5.17. The Hall–Kier alpha value is -1.85. The molecule has 2 fully saturated rings. The summed E-state index contributed by atoms with van der Waals surface area (Å²) in [6.07, 6.45) is 7.06. The molecule has 2 bridgehead atoms. The normalized spacial score (nSPS) is 28.4. The number of nitrogens with two attached hydrogens (primary N) is 1. The van der Waals surface area contributed by atoms with Crippen LogP contribution >= 0.6 is 12.4 Å². The molecule has 4 unspecified atom stereocenters. The van der Waals surface area contributed by atoms with E-state index in [2.05, 4.69) is 10.4 Å². The first-order valence-electron chi connectivity index (χ1n) is 7.89. The van der Waals surface area contributed by atoms with E-state index in [1.54, 1.807) is 10.9 Å². The lowest BCUT2D eigenvalue weighted by atomic mass is 9.84. The molecule has 3 N–H and O–H groups in total. The molecule has 0 radical (unpaired) electrons. The summed E-state index contributed by atoms with van der Waals surface area (Å²) in [6.45, 7) is 0. The van der Waals surface area contributed by atoms with Crippen molar-refractivity contribution in [3.05, 3.63) is 42.7 Å². The topological polar surface area (TPSA) is 72.9 Å². The zero-order valence-electron chi connectivity index (χ0n) is 12.8. The Balaban J connectivity index is 0.00000156. The molecule has 4 atom stereocenters. The molecule has 2 aromatic rings. The Kier molecular flexibility index (Phi) is 4.41. The number of nitrogens with one attached hydrogen (secondary N) is 1.